The highest BCUT2D eigenvalue weighted by molar-refractivity contribution is 5.76. The van der Waals surface area contributed by atoms with Crippen molar-refractivity contribution in [3.63, 3.8) is 0 Å². The molecule has 2 aromatic rings. The van der Waals surface area contributed by atoms with Crippen LogP contribution in [0.1, 0.15) is 63.3 Å². The fraction of sp³-hybridized carbons (Fsp3) is 0.708. The van der Waals surface area contributed by atoms with Crippen molar-refractivity contribution < 1.29 is 14.6 Å². The lowest BCUT2D eigenvalue weighted by atomic mass is 9.54. The predicted octanol–water partition coefficient (Wildman–Crippen LogP) is 4.23. The van der Waals surface area contributed by atoms with Gasteiger partial charge in [-0.05, 0) is 81.3 Å². The van der Waals surface area contributed by atoms with Crippen molar-refractivity contribution in [3.8, 4) is 0 Å². The van der Waals surface area contributed by atoms with Gasteiger partial charge in [0.1, 0.15) is 11.9 Å². The van der Waals surface area contributed by atoms with E-state index in [1.165, 1.54) is 38.5 Å². The molecule has 5 fully saturated rings. The average Bonchev–Trinajstić information content (AvgIpc) is 3.34. The first kappa shape index (κ1) is 18.3. The van der Waals surface area contributed by atoms with Crippen LogP contribution >= 0.6 is 0 Å². The molecule has 1 aromatic carbocycles. The summed E-state index contributed by atoms with van der Waals surface area (Å²) in [5.41, 5.74) is 2.10. The number of hydrogen-bond donors (Lipinski definition) is 1. The zero-order valence-corrected chi connectivity index (χ0v) is 17.1. The van der Waals surface area contributed by atoms with Crippen LogP contribution in [0.5, 0.6) is 0 Å². The number of benzene rings is 1. The van der Waals surface area contributed by atoms with Gasteiger partial charge >= 0.3 is 0 Å². The lowest BCUT2D eigenvalue weighted by Gasteiger charge is -2.56. The molecular formula is C24H32N2O3. The smallest absolute Gasteiger partial charge is 0.139 e. The van der Waals surface area contributed by atoms with Gasteiger partial charge < -0.3 is 19.1 Å². The zero-order valence-electron chi connectivity index (χ0n) is 17.1. The van der Waals surface area contributed by atoms with Crippen LogP contribution in [0.2, 0.25) is 0 Å². The van der Waals surface area contributed by atoms with E-state index in [0.717, 1.165) is 54.1 Å². The molecule has 5 heteroatoms. The number of imidazole rings is 1. The Balaban J connectivity index is 1.19. The first-order valence-corrected chi connectivity index (χ1v) is 11.6. The third kappa shape index (κ3) is 3.31. The molecular weight excluding hydrogens is 364 g/mol. The highest BCUT2D eigenvalue weighted by Crippen LogP contribution is 2.57. The van der Waals surface area contributed by atoms with Gasteiger partial charge in [-0.15, -0.1) is 0 Å². The fourth-order valence-corrected chi connectivity index (χ4v) is 7.06. The van der Waals surface area contributed by atoms with E-state index in [1.54, 1.807) is 0 Å². The maximum atomic E-state index is 10.9. The fourth-order valence-electron chi connectivity index (χ4n) is 7.06. The van der Waals surface area contributed by atoms with Crippen LogP contribution < -0.4 is 0 Å². The molecule has 2 heterocycles. The minimum atomic E-state index is -0.527. The van der Waals surface area contributed by atoms with E-state index in [0.29, 0.717) is 13.2 Å². The molecule has 2 unspecified atom stereocenters. The van der Waals surface area contributed by atoms with Crippen molar-refractivity contribution in [2.24, 2.45) is 17.8 Å². The number of ether oxygens (including phenoxy) is 2. The summed E-state index contributed by atoms with van der Waals surface area (Å²) in [6, 6.07) is 8.19. The molecule has 5 nitrogen and oxygen atoms in total. The molecule has 4 bridgehead atoms. The Morgan fingerprint density at radius 3 is 2.55 bits per heavy atom. The minimum Gasteiger partial charge on any atom is -0.389 e. The van der Waals surface area contributed by atoms with Gasteiger partial charge in [0.05, 0.1) is 35.9 Å². The van der Waals surface area contributed by atoms with Gasteiger partial charge in [0.2, 0.25) is 0 Å². The monoisotopic (exact) mass is 396 g/mol. The summed E-state index contributed by atoms with van der Waals surface area (Å²) >= 11 is 0. The third-order valence-electron chi connectivity index (χ3n) is 7.86. The van der Waals surface area contributed by atoms with Crippen molar-refractivity contribution in [1.82, 2.24) is 9.55 Å². The van der Waals surface area contributed by atoms with Crippen molar-refractivity contribution in [1.29, 1.82) is 0 Å². The first-order valence-electron chi connectivity index (χ1n) is 11.6. The normalized spacial score (nSPS) is 36.9. The lowest BCUT2D eigenvalue weighted by Crippen LogP contribution is -2.52. The van der Waals surface area contributed by atoms with Crippen molar-refractivity contribution in [3.05, 3.63) is 30.1 Å². The second kappa shape index (κ2) is 7.07. The molecule has 5 aliphatic rings. The third-order valence-corrected chi connectivity index (χ3v) is 7.86. The SMILES string of the molecule is OC(COC12CC3CC(CC(C3)C1)C2)Cn1c(C2CCCO2)nc2ccccc21. The molecule has 1 aromatic heterocycles. The van der Waals surface area contributed by atoms with E-state index in [-0.39, 0.29) is 11.7 Å². The van der Waals surface area contributed by atoms with Gasteiger partial charge in [0, 0.05) is 6.61 Å². The Morgan fingerprint density at radius 1 is 1.14 bits per heavy atom. The van der Waals surface area contributed by atoms with E-state index in [1.807, 2.05) is 18.2 Å². The van der Waals surface area contributed by atoms with Crippen LogP contribution in [0.15, 0.2) is 24.3 Å². The lowest BCUT2D eigenvalue weighted by molar-refractivity contribution is -0.175. The number of nitrogens with zero attached hydrogens (tertiary/aromatic N) is 2. The molecule has 1 N–H and O–H groups in total. The largest absolute Gasteiger partial charge is 0.389 e. The van der Waals surface area contributed by atoms with Crippen LogP contribution in [0.25, 0.3) is 11.0 Å². The van der Waals surface area contributed by atoms with Crippen LogP contribution in [0.4, 0.5) is 0 Å². The quantitative estimate of drug-likeness (QED) is 0.794. The Labute approximate surface area is 172 Å². The van der Waals surface area contributed by atoms with E-state index in [2.05, 4.69) is 10.6 Å². The number of aliphatic hydroxyl groups excluding tert-OH is 1. The summed E-state index contributed by atoms with van der Waals surface area (Å²) in [7, 11) is 0. The number of aliphatic hydroxyl groups is 1. The van der Waals surface area contributed by atoms with Gasteiger partial charge in [-0.1, -0.05) is 12.1 Å². The van der Waals surface area contributed by atoms with Crippen LogP contribution in [0.3, 0.4) is 0 Å². The topological polar surface area (TPSA) is 56.5 Å². The molecule has 156 valence electrons. The molecule has 0 amide bonds. The molecule has 4 aliphatic carbocycles. The van der Waals surface area contributed by atoms with Gasteiger partial charge in [-0.3, -0.25) is 0 Å². The average molecular weight is 397 g/mol. The van der Waals surface area contributed by atoms with E-state index in [4.69, 9.17) is 14.5 Å². The number of aromatic nitrogens is 2. The van der Waals surface area contributed by atoms with Crippen LogP contribution in [-0.4, -0.2) is 39.6 Å². The Morgan fingerprint density at radius 2 is 1.86 bits per heavy atom. The summed E-state index contributed by atoms with van der Waals surface area (Å²) in [6.45, 7) is 1.73. The predicted molar refractivity (Wildman–Crippen MR) is 111 cm³/mol. The van der Waals surface area contributed by atoms with Crippen molar-refractivity contribution in [2.75, 3.05) is 13.2 Å². The second-order valence-electron chi connectivity index (χ2n) is 10.1. The van der Waals surface area contributed by atoms with Crippen molar-refractivity contribution in [2.45, 2.75) is 75.7 Å². The molecule has 0 radical (unpaired) electrons. The highest BCUT2D eigenvalue weighted by Gasteiger charge is 2.51. The van der Waals surface area contributed by atoms with Crippen molar-refractivity contribution >= 4 is 11.0 Å². The molecule has 7 rings (SSSR count). The zero-order chi connectivity index (χ0) is 19.4. The number of hydrogen-bond acceptors (Lipinski definition) is 4. The molecule has 29 heavy (non-hydrogen) atoms. The van der Waals surface area contributed by atoms with E-state index < -0.39 is 6.10 Å². The van der Waals surface area contributed by atoms with Gasteiger partial charge in [-0.25, -0.2) is 4.98 Å². The summed E-state index contributed by atoms with van der Waals surface area (Å²) in [5.74, 6) is 3.55. The summed E-state index contributed by atoms with van der Waals surface area (Å²) in [4.78, 5) is 4.85. The van der Waals surface area contributed by atoms with Gasteiger partial charge in [0.25, 0.3) is 0 Å². The van der Waals surface area contributed by atoms with E-state index >= 15 is 0 Å². The number of fused-ring (bicyclic) bond motifs is 1. The maximum absolute atomic E-state index is 10.9. The molecule has 1 aliphatic heterocycles. The Bertz CT molecular complexity index is 850. The Hall–Kier alpha value is -1.43. The Kier molecular flexibility index (Phi) is 4.47. The number of rotatable bonds is 6. The van der Waals surface area contributed by atoms with Gasteiger partial charge in [0.15, 0.2) is 0 Å². The summed E-state index contributed by atoms with van der Waals surface area (Å²) in [6.07, 6.45) is 9.46. The molecule has 0 spiro atoms. The minimum absolute atomic E-state index is 0.0404. The van der Waals surface area contributed by atoms with Crippen LogP contribution in [-0.2, 0) is 16.0 Å². The molecule has 1 saturated heterocycles. The van der Waals surface area contributed by atoms with Gasteiger partial charge in [-0.2, -0.15) is 0 Å². The second-order valence-corrected chi connectivity index (χ2v) is 10.1. The molecule has 4 saturated carbocycles. The summed E-state index contributed by atoms with van der Waals surface area (Å²) in [5, 5.41) is 10.9. The maximum Gasteiger partial charge on any atom is 0.139 e. The van der Waals surface area contributed by atoms with E-state index in [9.17, 15) is 5.11 Å². The van der Waals surface area contributed by atoms with Crippen LogP contribution in [0, 0.1) is 17.8 Å². The summed E-state index contributed by atoms with van der Waals surface area (Å²) < 4.78 is 14.6. The molecule has 2 atom stereocenters. The standard InChI is InChI=1S/C24H32N2O3/c27-19(15-29-24-11-16-8-17(12-24)10-18(9-16)13-24)14-26-21-5-2-1-4-20(21)25-23(26)22-6-3-7-28-22/h1-2,4-5,16-19,22,27H,3,6-15H2. The number of para-hydroxylation sites is 2. The highest BCUT2D eigenvalue weighted by atomic mass is 16.5. The first-order chi connectivity index (χ1) is 14.2.